The van der Waals surface area contributed by atoms with E-state index in [1.807, 2.05) is 41.3 Å². The average molecular weight is 416 g/mol. The molecule has 0 bridgehead atoms. The Bertz CT molecular complexity index is 856. The summed E-state index contributed by atoms with van der Waals surface area (Å²) in [4.78, 5) is 14.7. The first-order valence-electron chi connectivity index (χ1n) is 10.1. The van der Waals surface area contributed by atoms with E-state index in [9.17, 15) is 9.90 Å². The van der Waals surface area contributed by atoms with Crippen LogP contribution in [-0.4, -0.2) is 46.3 Å². The lowest BCUT2D eigenvalue weighted by Gasteiger charge is -2.35. The van der Waals surface area contributed by atoms with Crippen LogP contribution in [-0.2, 0) is 17.8 Å². The van der Waals surface area contributed by atoms with Gasteiger partial charge in [-0.05, 0) is 54.0 Å². The van der Waals surface area contributed by atoms with Crippen molar-refractivity contribution in [2.45, 2.75) is 38.1 Å². The number of halogens is 1. The summed E-state index contributed by atoms with van der Waals surface area (Å²) in [5.41, 5.74) is 1.79. The van der Waals surface area contributed by atoms with Crippen molar-refractivity contribution in [3.05, 3.63) is 64.7 Å². The van der Waals surface area contributed by atoms with Gasteiger partial charge < -0.3 is 19.8 Å². The van der Waals surface area contributed by atoms with Gasteiger partial charge in [0.05, 0.1) is 19.1 Å². The maximum absolute atomic E-state index is 12.8. The predicted molar refractivity (Wildman–Crippen MR) is 111 cm³/mol. The van der Waals surface area contributed by atoms with Gasteiger partial charge in [0.25, 0.3) is 0 Å². The van der Waals surface area contributed by atoms with E-state index < -0.39 is 6.10 Å². The molecule has 0 unspecified atom stereocenters. The molecule has 1 amide bonds. The van der Waals surface area contributed by atoms with Crippen molar-refractivity contribution < 1.29 is 19.7 Å². The molecular weight excluding hydrogens is 390 g/mol. The zero-order valence-electron chi connectivity index (χ0n) is 16.2. The number of benzene rings is 2. The molecule has 6 heteroatoms. The van der Waals surface area contributed by atoms with Crippen LogP contribution in [0.25, 0.3) is 0 Å². The smallest absolute Gasteiger partial charge is 0.227 e. The summed E-state index contributed by atoms with van der Waals surface area (Å²) in [5, 5.41) is 20.3. The maximum atomic E-state index is 12.8. The van der Waals surface area contributed by atoms with Gasteiger partial charge in [0.1, 0.15) is 11.9 Å². The maximum Gasteiger partial charge on any atom is 0.227 e. The Hall–Kier alpha value is -2.08. The second-order valence-corrected chi connectivity index (χ2v) is 8.56. The minimum Gasteiger partial charge on any atom is -0.488 e. The van der Waals surface area contributed by atoms with E-state index in [4.69, 9.17) is 21.4 Å². The number of hydrogen-bond donors (Lipinski definition) is 2. The highest BCUT2D eigenvalue weighted by Crippen LogP contribution is 2.38. The SMILES string of the molecule is O=C(Cc1ccc(CO)cc1)N1C[C@H]2C[C@@H](Oc3cccc(Cl)c3)[C@H](O)C[C@H]2C1. The molecule has 2 N–H and O–H groups in total. The third-order valence-corrected chi connectivity index (χ3v) is 6.32. The number of hydrogen-bond acceptors (Lipinski definition) is 4. The highest BCUT2D eigenvalue weighted by Gasteiger charge is 2.43. The van der Waals surface area contributed by atoms with Crippen molar-refractivity contribution in [1.82, 2.24) is 4.90 Å². The number of amides is 1. The number of aliphatic hydroxyl groups excluding tert-OH is 2. The fraction of sp³-hybridized carbons (Fsp3) is 0.435. The van der Waals surface area contributed by atoms with Crippen LogP contribution >= 0.6 is 11.6 Å². The third-order valence-electron chi connectivity index (χ3n) is 6.08. The van der Waals surface area contributed by atoms with Gasteiger partial charge in [-0.1, -0.05) is 41.9 Å². The van der Waals surface area contributed by atoms with Crippen LogP contribution in [0, 0.1) is 11.8 Å². The average Bonchev–Trinajstić information content (AvgIpc) is 3.12. The Morgan fingerprint density at radius 1 is 1.07 bits per heavy atom. The molecule has 2 aromatic rings. The number of aliphatic hydroxyl groups is 2. The van der Waals surface area contributed by atoms with E-state index in [0.717, 1.165) is 17.5 Å². The van der Waals surface area contributed by atoms with E-state index in [-0.39, 0.29) is 18.6 Å². The normalized spacial score (nSPS) is 26.2. The van der Waals surface area contributed by atoms with Crippen LogP contribution in [0.4, 0.5) is 0 Å². The van der Waals surface area contributed by atoms with Gasteiger partial charge >= 0.3 is 0 Å². The summed E-state index contributed by atoms with van der Waals surface area (Å²) in [6.45, 7) is 1.41. The summed E-state index contributed by atoms with van der Waals surface area (Å²) < 4.78 is 6.01. The molecule has 1 saturated carbocycles. The van der Waals surface area contributed by atoms with E-state index >= 15 is 0 Å². The molecule has 2 aliphatic rings. The molecule has 4 rings (SSSR count). The molecule has 1 heterocycles. The van der Waals surface area contributed by atoms with Crippen LogP contribution in [0.3, 0.4) is 0 Å². The molecule has 5 nitrogen and oxygen atoms in total. The van der Waals surface area contributed by atoms with Crippen LogP contribution in [0.2, 0.25) is 5.02 Å². The van der Waals surface area contributed by atoms with Gasteiger partial charge in [-0.15, -0.1) is 0 Å². The van der Waals surface area contributed by atoms with Gasteiger partial charge in [-0.25, -0.2) is 0 Å². The van der Waals surface area contributed by atoms with Gasteiger partial charge in [0.2, 0.25) is 5.91 Å². The Morgan fingerprint density at radius 2 is 1.76 bits per heavy atom. The molecule has 0 radical (unpaired) electrons. The van der Waals surface area contributed by atoms with E-state index in [2.05, 4.69) is 0 Å². The Morgan fingerprint density at radius 3 is 2.45 bits per heavy atom. The van der Waals surface area contributed by atoms with Gasteiger partial charge in [-0.2, -0.15) is 0 Å². The standard InChI is InChI=1S/C23H26ClNO4/c24-19-2-1-3-20(11-19)29-22-10-18-13-25(12-17(18)9-21(22)27)23(28)8-15-4-6-16(14-26)7-5-15/h1-7,11,17-18,21-22,26-27H,8-10,12-14H2/t17-,18+,21+,22+/m0/s1. The molecule has 1 aliphatic heterocycles. The lowest BCUT2D eigenvalue weighted by Crippen LogP contribution is -2.42. The molecule has 2 fully saturated rings. The number of carbonyl (C=O) groups is 1. The number of nitrogens with zero attached hydrogens (tertiary/aromatic N) is 1. The monoisotopic (exact) mass is 415 g/mol. The van der Waals surface area contributed by atoms with Gasteiger partial charge in [-0.3, -0.25) is 4.79 Å². The minimum atomic E-state index is -0.545. The molecule has 2 aromatic carbocycles. The number of rotatable bonds is 5. The van der Waals surface area contributed by atoms with Crippen molar-refractivity contribution in [2.75, 3.05) is 13.1 Å². The largest absolute Gasteiger partial charge is 0.488 e. The molecule has 0 spiro atoms. The number of carbonyl (C=O) groups excluding carboxylic acids is 1. The van der Waals surface area contributed by atoms with E-state index in [0.29, 0.717) is 48.5 Å². The van der Waals surface area contributed by atoms with Crippen molar-refractivity contribution in [1.29, 1.82) is 0 Å². The number of fused-ring (bicyclic) bond motifs is 1. The summed E-state index contributed by atoms with van der Waals surface area (Å²) >= 11 is 6.03. The molecule has 29 heavy (non-hydrogen) atoms. The molecular formula is C23H26ClNO4. The lowest BCUT2D eigenvalue weighted by atomic mass is 9.78. The summed E-state index contributed by atoms with van der Waals surface area (Å²) in [6.07, 6.45) is 0.904. The number of likely N-dealkylation sites (tertiary alicyclic amines) is 1. The highest BCUT2D eigenvalue weighted by atomic mass is 35.5. The zero-order valence-corrected chi connectivity index (χ0v) is 17.0. The second kappa shape index (κ2) is 8.74. The molecule has 1 saturated heterocycles. The van der Waals surface area contributed by atoms with Crippen molar-refractivity contribution in [3.8, 4) is 5.75 Å². The first kappa shape index (κ1) is 20.2. The Labute approximate surface area is 175 Å². The Kier molecular flexibility index (Phi) is 6.09. The van der Waals surface area contributed by atoms with Crippen LogP contribution in [0.5, 0.6) is 5.75 Å². The zero-order chi connectivity index (χ0) is 20.4. The molecule has 154 valence electrons. The quantitative estimate of drug-likeness (QED) is 0.787. The fourth-order valence-electron chi connectivity index (χ4n) is 4.48. The summed E-state index contributed by atoms with van der Waals surface area (Å²) in [6, 6.07) is 14.7. The van der Waals surface area contributed by atoms with Crippen LogP contribution in [0.1, 0.15) is 24.0 Å². The number of ether oxygens (including phenoxy) is 1. The van der Waals surface area contributed by atoms with E-state index in [1.165, 1.54) is 0 Å². The highest BCUT2D eigenvalue weighted by molar-refractivity contribution is 6.30. The minimum absolute atomic E-state index is 0.00443. The van der Waals surface area contributed by atoms with E-state index in [1.54, 1.807) is 12.1 Å². The molecule has 0 aromatic heterocycles. The van der Waals surface area contributed by atoms with Gasteiger partial charge in [0, 0.05) is 18.1 Å². The van der Waals surface area contributed by atoms with Crippen molar-refractivity contribution >= 4 is 17.5 Å². The third kappa shape index (κ3) is 4.74. The second-order valence-electron chi connectivity index (χ2n) is 8.12. The first-order valence-corrected chi connectivity index (χ1v) is 10.5. The first-order chi connectivity index (χ1) is 14.0. The fourth-order valence-corrected chi connectivity index (χ4v) is 4.66. The topological polar surface area (TPSA) is 70.0 Å². The lowest BCUT2D eigenvalue weighted by molar-refractivity contribution is -0.129. The summed E-state index contributed by atoms with van der Waals surface area (Å²) in [5.74, 6) is 1.42. The molecule has 1 aliphatic carbocycles. The predicted octanol–water partition coefficient (Wildman–Crippen LogP) is 3.05. The molecule has 4 atom stereocenters. The van der Waals surface area contributed by atoms with Crippen LogP contribution < -0.4 is 4.74 Å². The van der Waals surface area contributed by atoms with Crippen LogP contribution in [0.15, 0.2) is 48.5 Å². The van der Waals surface area contributed by atoms with Crippen molar-refractivity contribution in [3.63, 3.8) is 0 Å². The summed E-state index contributed by atoms with van der Waals surface area (Å²) in [7, 11) is 0. The van der Waals surface area contributed by atoms with Gasteiger partial charge in [0.15, 0.2) is 0 Å². The van der Waals surface area contributed by atoms with Crippen molar-refractivity contribution in [2.24, 2.45) is 11.8 Å². The Balaban J connectivity index is 1.35.